The fourth-order valence-electron chi connectivity index (χ4n) is 3.21. The molecule has 2 aromatic heterocycles. The van der Waals surface area contributed by atoms with Crippen molar-refractivity contribution >= 4 is 27.5 Å². The van der Waals surface area contributed by atoms with Crippen LogP contribution in [0.3, 0.4) is 0 Å². The van der Waals surface area contributed by atoms with E-state index in [-0.39, 0.29) is 18.0 Å². The minimum atomic E-state index is -0.301. The van der Waals surface area contributed by atoms with E-state index in [1.165, 1.54) is 16.9 Å². The van der Waals surface area contributed by atoms with Gasteiger partial charge in [0.1, 0.15) is 16.3 Å². The van der Waals surface area contributed by atoms with Crippen LogP contribution in [0.2, 0.25) is 0 Å². The van der Waals surface area contributed by atoms with Crippen molar-refractivity contribution in [1.29, 1.82) is 0 Å². The summed E-state index contributed by atoms with van der Waals surface area (Å²) in [4.78, 5) is 14.2. The Hall–Kier alpha value is -2.92. The van der Waals surface area contributed by atoms with Gasteiger partial charge in [-0.2, -0.15) is 5.10 Å². The second-order valence-electron chi connectivity index (χ2n) is 8.19. The van der Waals surface area contributed by atoms with E-state index in [4.69, 9.17) is 4.74 Å². The lowest BCUT2D eigenvalue weighted by molar-refractivity contribution is 0.0478. The van der Waals surface area contributed by atoms with Crippen LogP contribution in [0.4, 0.5) is 0 Å². The first-order chi connectivity index (χ1) is 13.8. The van der Waals surface area contributed by atoms with Gasteiger partial charge in [-0.3, -0.25) is 0 Å². The Bertz CT molecular complexity index is 1150. The van der Waals surface area contributed by atoms with Gasteiger partial charge in [0.15, 0.2) is 0 Å². The third kappa shape index (κ3) is 3.96. The molecule has 2 aromatic carbocycles. The third-order valence-corrected chi connectivity index (χ3v) is 6.03. The minimum absolute atomic E-state index is 0.108. The van der Waals surface area contributed by atoms with Crippen LogP contribution < -0.4 is 0 Å². The van der Waals surface area contributed by atoms with E-state index in [0.29, 0.717) is 4.88 Å². The molecule has 0 N–H and O–H groups in total. The topological polar surface area (TPSA) is 44.1 Å². The highest BCUT2D eigenvalue weighted by atomic mass is 32.1. The second kappa shape index (κ2) is 7.48. The number of hydrogen-bond donors (Lipinski definition) is 0. The molecule has 4 aromatic rings. The molecule has 148 valence electrons. The zero-order valence-corrected chi connectivity index (χ0v) is 17.9. The first kappa shape index (κ1) is 19.4. The lowest BCUT2D eigenvalue weighted by atomic mass is 9.87. The number of carbonyl (C=O) groups excluding carboxylic acids is 1. The summed E-state index contributed by atoms with van der Waals surface area (Å²) in [5, 5.41) is 5.60. The van der Waals surface area contributed by atoms with E-state index in [1.54, 1.807) is 0 Å². The van der Waals surface area contributed by atoms with Crippen molar-refractivity contribution in [2.75, 3.05) is 0 Å². The number of esters is 1. The number of aromatic nitrogens is 2. The fraction of sp³-hybridized carbons (Fsp3) is 0.250. The summed E-state index contributed by atoms with van der Waals surface area (Å²) in [6.07, 6.45) is 0. The predicted molar refractivity (Wildman–Crippen MR) is 118 cm³/mol. The fourth-order valence-corrected chi connectivity index (χ4v) is 4.29. The summed E-state index contributed by atoms with van der Waals surface area (Å²) in [6.45, 7) is 8.77. The molecular formula is C24H24N2O2S. The highest BCUT2D eigenvalue weighted by Crippen LogP contribution is 2.31. The van der Waals surface area contributed by atoms with Crippen LogP contribution >= 0.6 is 11.3 Å². The Labute approximate surface area is 174 Å². The van der Waals surface area contributed by atoms with Crippen molar-refractivity contribution in [3.63, 3.8) is 0 Å². The summed E-state index contributed by atoms with van der Waals surface area (Å²) >= 11 is 1.41. The molecule has 5 heteroatoms. The van der Waals surface area contributed by atoms with Crippen molar-refractivity contribution in [2.45, 2.75) is 39.7 Å². The maximum absolute atomic E-state index is 12.6. The molecule has 0 amide bonds. The van der Waals surface area contributed by atoms with Gasteiger partial charge in [0.2, 0.25) is 0 Å². The lowest BCUT2D eigenvalue weighted by Crippen LogP contribution is -2.11. The van der Waals surface area contributed by atoms with E-state index in [9.17, 15) is 4.79 Å². The third-order valence-electron chi connectivity index (χ3n) is 4.94. The SMILES string of the molecule is Cc1nn(-c2ccccc2)c2sc(C(=O)OCc3ccc(C(C)(C)C)cc3)cc12. The Balaban J connectivity index is 1.52. The van der Waals surface area contributed by atoms with Crippen LogP contribution in [-0.4, -0.2) is 15.7 Å². The quantitative estimate of drug-likeness (QED) is 0.389. The van der Waals surface area contributed by atoms with Crippen molar-refractivity contribution in [3.05, 3.63) is 82.4 Å². The van der Waals surface area contributed by atoms with E-state index in [2.05, 4.69) is 38.0 Å². The Morgan fingerprint density at radius 3 is 2.41 bits per heavy atom. The van der Waals surface area contributed by atoms with Crippen LogP contribution in [0.15, 0.2) is 60.7 Å². The Morgan fingerprint density at radius 2 is 1.76 bits per heavy atom. The number of para-hydroxylation sites is 1. The predicted octanol–water partition coefficient (Wildman–Crippen LogP) is 6.05. The smallest absolute Gasteiger partial charge is 0.348 e. The molecule has 0 bridgehead atoms. The van der Waals surface area contributed by atoms with Gasteiger partial charge in [-0.05, 0) is 41.7 Å². The number of thiophene rings is 1. The maximum Gasteiger partial charge on any atom is 0.348 e. The maximum atomic E-state index is 12.6. The van der Waals surface area contributed by atoms with E-state index >= 15 is 0 Å². The first-order valence-electron chi connectivity index (χ1n) is 9.64. The molecule has 0 saturated carbocycles. The van der Waals surface area contributed by atoms with Crippen LogP contribution in [-0.2, 0) is 16.8 Å². The average molecular weight is 405 g/mol. The summed E-state index contributed by atoms with van der Waals surface area (Å²) in [6, 6.07) is 20.1. The van der Waals surface area contributed by atoms with Crippen molar-refractivity contribution in [3.8, 4) is 5.69 Å². The molecular weight excluding hydrogens is 380 g/mol. The number of aryl methyl sites for hydroxylation is 1. The summed E-state index contributed by atoms with van der Waals surface area (Å²) in [5.74, 6) is -0.301. The molecule has 0 spiro atoms. The van der Waals surface area contributed by atoms with Crippen LogP contribution in [0.1, 0.15) is 47.3 Å². The molecule has 0 atom stereocenters. The number of nitrogens with zero attached hydrogens (tertiary/aromatic N) is 2. The molecule has 0 fully saturated rings. The molecule has 0 unspecified atom stereocenters. The zero-order valence-electron chi connectivity index (χ0n) is 17.1. The van der Waals surface area contributed by atoms with Gasteiger partial charge in [0.25, 0.3) is 0 Å². The zero-order chi connectivity index (χ0) is 20.6. The van der Waals surface area contributed by atoms with Gasteiger partial charge in [-0.25, -0.2) is 9.48 Å². The Kier molecular flexibility index (Phi) is 5.01. The minimum Gasteiger partial charge on any atom is -0.457 e. The number of benzene rings is 2. The van der Waals surface area contributed by atoms with Crippen molar-refractivity contribution in [2.24, 2.45) is 0 Å². The standard InChI is InChI=1S/C24H24N2O2S/c1-16-20-14-21(29-22(20)26(25-16)19-8-6-5-7-9-19)23(27)28-15-17-10-12-18(13-11-17)24(2,3)4/h5-14H,15H2,1-4H3. The highest BCUT2D eigenvalue weighted by Gasteiger charge is 2.18. The van der Waals surface area contributed by atoms with E-state index < -0.39 is 0 Å². The summed E-state index contributed by atoms with van der Waals surface area (Å²) < 4.78 is 7.45. The highest BCUT2D eigenvalue weighted by molar-refractivity contribution is 7.20. The second-order valence-corrected chi connectivity index (χ2v) is 9.22. The molecule has 0 aliphatic heterocycles. The molecule has 4 nitrogen and oxygen atoms in total. The summed E-state index contributed by atoms with van der Waals surface area (Å²) in [7, 11) is 0. The van der Waals surface area contributed by atoms with Gasteiger partial charge in [0, 0.05) is 5.39 Å². The van der Waals surface area contributed by atoms with Gasteiger partial charge < -0.3 is 4.74 Å². The van der Waals surface area contributed by atoms with Crippen LogP contribution in [0, 0.1) is 6.92 Å². The average Bonchev–Trinajstić information content (AvgIpc) is 3.27. The van der Waals surface area contributed by atoms with Gasteiger partial charge in [0.05, 0.1) is 11.4 Å². The lowest BCUT2D eigenvalue weighted by Gasteiger charge is -2.19. The number of rotatable bonds is 4. The molecule has 2 heterocycles. The number of fused-ring (bicyclic) bond motifs is 1. The van der Waals surface area contributed by atoms with E-state index in [1.807, 2.05) is 60.1 Å². The van der Waals surface area contributed by atoms with Gasteiger partial charge in [-0.15, -0.1) is 11.3 Å². The Morgan fingerprint density at radius 1 is 1.07 bits per heavy atom. The normalized spacial score (nSPS) is 11.7. The molecule has 0 saturated heterocycles. The molecule has 29 heavy (non-hydrogen) atoms. The largest absolute Gasteiger partial charge is 0.457 e. The molecule has 4 rings (SSSR count). The summed E-state index contributed by atoms with van der Waals surface area (Å²) in [5.41, 5.74) is 4.23. The van der Waals surface area contributed by atoms with Crippen LogP contribution in [0.25, 0.3) is 15.9 Å². The number of carbonyl (C=O) groups is 1. The number of ether oxygens (including phenoxy) is 1. The van der Waals surface area contributed by atoms with Crippen molar-refractivity contribution in [1.82, 2.24) is 9.78 Å². The number of hydrogen-bond acceptors (Lipinski definition) is 4. The molecule has 0 aliphatic rings. The van der Waals surface area contributed by atoms with Crippen LogP contribution in [0.5, 0.6) is 0 Å². The monoisotopic (exact) mass is 404 g/mol. The molecule has 0 radical (unpaired) electrons. The van der Waals surface area contributed by atoms with Gasteiger partial charge in [-0.1, -0.05) is 63.2 Å². The van der Waals surface area contributed by atoms with Crippen molar-refractivity contribution < 1.29 is 9.53 Å². The van der Waals surface area contributed by atoms with Gasteiger partial charge >= 0.3 is 5.97 Å². The first-order valence-corrected chi connectivity index (χ1v) is 10.5. The van der Waals surface area contributed by atoms with E-state index in [0.717, 1.165) is 27.2 Å². The molecule has 0 aliphatic carbocycles.